The van der Waals surface area contributed by atoms with Crippen molar-refractivity contribution in [3.8, 4) is 0 Å². The van der Waals surface area contributed by atoms with Crippen molar-refractivity contribution in [1.82, 2.24) is 14.8 Å². The fraction of sp³-hybridized carbons (Fsp3) is 0.368. The first-order valence-corrected chi connectivity index (χ1v) is 8.59. The van der Waals surface area contributed by atoms with Crippen LogP contribution in [-0.2, 0) is 12.7 Å². The second-order valence-electron chi connectivity index (χ2n) is 6.72. The second-order valence-corrected chi connectivity index (χ2v) is 6.72. The molecule has 2 aromatic rings. The van der Waals surface area contributed by atoms with Crippen LogP contribution in [0, 0.1) is 0 Å². The molecule has 1 atom stereocenters. The zero-order valence-corrected chi connectivity index (χ0v) is 14.8. The third kappa shape index (κ3) is 4.39. The van der Waals surface area contributed by atoms with Gasteiger partial charge in [-0.15, -0.1) is 0 Å². The van der Waals surface area contributed by atoms with E-state index in [4.69, 9.17) is 0 Å². The maximum absolute atomic E-state index is 12.9. The zero-order chi connectivity index (χ0) is 19.6. The maximum atomic E-state index is 12.9. The Labute approximate surface area is 154 Å². The number of likely N-dealkylation sites (N-methyl/N-ethyl adjacent to an activating group) is 1. The summed E-state index contributed by atoms with van der Waals surface area (Å²) in [5.74, 6) is -0.669. The monoisotopic (exact) mass is 379 g/mol. The molecule has 3 rings (SSSR count). The Kier molecular flexibility index (Phi) is 5.36. The van der Waals surface area contributed by atoms with Gasteiger partial charge in [0.2, 0.25) is 0 Å². The molecule has 144 valence electrons. The number of pyridine rings is 1. The number of nitrogens with one attached hydrogen (secondary N) is 1. The lowest BCUT2D eigenvalue weighted by molar-refractivity contribution is -0.137. The molecule has 1 amide bonds. The Hall–Kier alpha value is -2.61. The molecule has 0 saturated carbocycles. The quantitative estimate of drug-likeness (QED) is 0.889. The van der Waals surface area contributed by atoms with Gasteiger partial charge in [-0.25, -0.2) is 0 Å². The van der Waals surface area contributed by atoms with E-state index in [0.29, 0.717) is 38.3 Å². The van der Waals surface area contributed by atoms with Gasteiger partial charge in [-0.3, -0.25) is 14.5 Å². The summed E-state index contributed by atoms with van der Waals surface area (Å²) < 4.78 is 38.6. The van der Waals surface area contributed by atoms with Crippen LogP contribution in [0.1, 0.15) is 27.9 Å². The van der Waals surface area contributed by atoms with Gasteiger partial charge in [-0.05, 0) is 25.1 Å². The molecule has 1 aliphatic rings. The number of hydrogen-bond donors (Lipinski definition) is 1. The van der Waals surface area contributed by atoms with Gasteiger partial charge in [0.1, 0.15) is 5.56 Å². The van der Waals surface area contributed by atoms with Gasteiger partial charge in [-0.2, -0.15) is 13.2 Å². The first kappa shape index (κ1) is 19.2. The van der Waals surface area contributed by atoms with Gasteiger partial charge in [0.05, 0.1) is 5.56 Å². The fourth-order valence-electron chi connectivity index (χ4n) is 3.26. The van der Waals surface area contributed by atoms with E-state index in [9.17, 15) is 22.8 Å². The van der Waals surface area contributed by atoms with Gasteiger partial charge in [0, 0.05) is 31.9 Å². The first-order chi connectivity index (χ1) is 12.8. The Bertz CT molecular complexity index is 864. The molecule has 0 radical (unpaired) electrons. The molecular weight excluding hydrogens is 359 g/mol. The van der Waals surface area contributed by atoms with Crippen LogP contribution in [0.4, 0.5) is 13.2 Å². The number of rotatable bonds is 4. The largest absolute Gasteiger partial charge is 0.417 e. The van der Waals surface area contributed by atoms with E-state index in [1.807, 2.05) is 42.4 Å². The number of aromatic nitrogens is 1. The highest BCUT2D eigenvalue weighted by Gasteiger charge is 2.34. The maximum Gasteiger partial charge on any atom is 0.417 e. The molecule has 0 spiro atoms. The number of alkyl halides is 3. The lowest BCUT2D eigenvalue weighted by atomic mass is 10.1. The summed E-state index contributed by atoms with van der Waals surface area (Å²) in [7, 11) is 1.95. The molecule has 8 heteroatoms. The number of benzene rings is 1. The van der Waals surface area contributed by atoms with Crippen molar-refractivity contribution in [3.63, 3.8) is 0 Å². The van der Waals surface area contributed by atoms with Crippen molar-refractivity contribution >= 4 is 5.91 Å². The summed E-state index contributed by atoms with van der Waals surface area (Å²) in [5, 5.41) is 0. The molecule has 5 nitrogen and oxygen atoms in total. The molecule has 1 aromatic heterocycles. The van der Waals surface area contributed by atoms with Gasteiger partial charge >= 0.3 is 6.18 Å². The van der Waals surface area contributed by atoms with Crippen LogP contribution in [0.3, 0.4) is 0 Å². The molecular formula is C19H20F3N3O2. The van der Waals surface area contributed by atoms with E-state index in [2.05, 4.69) is 4.90 Å². The highest BCUT2D eigenvalue weighted by atomic mass is 19.4. The van der Waals surface area contributed by atoms with Crippen molar-refractivity contribution in [2.24, 2.45) is 0 Å². The Morgan fingerprint density at radius 1 is 1.30 bits per heavy atom. The van der Waals surface area contributed by atoms with Gasteiger partial charge in [0.15, 0.2) is 0 Å². The number of carbonyl (C=O) groups is 1. The summed E-state index contributed by atoms with van der Waals surface area (Å²) in [6.45, 7) is 1.48. The van der Waals surface area contributed by atoms with Crippen LogP contribution >= 0.6 is 0 Å². The van der Waals surface area contributed by atoms with E-state index in [-0.39, 0.29) is 6.04 Å². The molecule has 2 heterocycles. The predicted molar refractivity (Wildman–Crippen MR) is 94.3 cm³/mol. The van der Waals surface area contributed by atoms with E-state index in [1.54, 1.807) is 0 Å². The molecule has 27 heavy (non-hydrogen) atoms. The van der Waals surface area contributed by atoms with Gasteiger partial charge < -0.3 is 9.88 Å². The SMILES string of the molecule is CN(Cc1ccccc1)C1CCN(C(=O)c2cc(C(F)(F)F)c[nH]c2=O)C1. The fourth-order valence-corrected chi connectivity index (χ4v) is 3.26. The number of hydrogen-bond acceptors (Lipinski definition) is 3. The number of halogens is 3. The van der Waals surface area contributed by atoms with Gasteiger partial charge in [-0.1, -0.05) is 30.3 Å². The van der Waals surface area contributed by atoms with Crippen molar-refractivity contribution < 1.29 is 18.0 Å². The number of nitrogens with zero attached hydrogens (tertiary/aromatic N) is 2. The summed E-state index contributed by atoms with van der Waals surface area (Å²) in [6.07, 6.45) is -3.34. The van der Waals surface area contributed by atoms with Crippen molar-refractivity contribution in [1.29, 1.82) is 0 Å². The van der Waals surface area contributed by atoms with E-state index < -0.39 is 28.8 Å². The van der Waals surface area contributed by atoms with Crippen LogP contribution in [0.25, 0.3) is 0 Å². The Morgan fingerprint density at radius 3 is 2.67 bits per heavy atom. The second kappa shape index (κ2) is 7.56. The van der Waals surface area contributed by atoms with Gasteiger partial charge in [0.25, 0.3) is 11.5 Å². The van der Waals surface area contributed by atoms with E-state index in [0.717, 1.165) is 5.56 Å². The first-order valence-electron chi connectivity index (χ1n) is 8.59. The number of H-pyrrole nitrogens is 1. The molecule has 1 N–H and O–H groups in total. The molecule has 1 fully saturated rings. The average molecular weight is 379 g/mol. The molecule has 1 aromatic carbocycles. The van der Waals surface area contributed by atoms with Crippen LogP contribution in [0.15, 0.2) is 47.4 Å². The average Bonchev–Trinajstić information content (AvgIpc) is 3.11. The zero-order valence-electron chi connectivity index (χ0n) is 14.8. The number of amides is 1. The third-order valence-corrected chi connectivity index (χ3v) is 4.81. The highest BCUT2D eigenvalue weighted by Crippen LogP contribution is 2.28. The minimum absolute atomic E-state index is 0.0824. The summed E-state index contributed by atoms with van der Waals surface area (Å²) in [5.41, 5.74) is -1.19. The lowest BCUT2D eigenvalue weighted by Gasteiger charge is -2.24. The number of aromatic amines is 1. The molecule has 0 aliphatic carbocycles. The normalized spacial score (nSPS) is 17.5. The van der Waals surface area contributed by atoms with E-state index in [1.165, 1.54) is 4.90 Å². The highest BCUT2D eigenvalue weighted by molar-refractivity contribution is 5.94. The van der Waals surface area contributed by atoms with Crippen molar-refractivity contribution in [2.75, 3.05) is 20.1 Å². The Balaban J connectivity index is 1.70. The van der Waals surface area contributed by atoms with Crippen LogP contribution in [0.5, 0.6) is 0 Å². The molecule has 1 aliphatic heterocycles. The lowest BCUT2D eigenvalue weighted by Crippen LogP contribution is -2.38. The van der Waals surface area contributed by atoms with Crippen LogP contribution < -0.4 is 5.56 Å². The van der Waals surface area contributed by atoms with E-state index >= 15 is 0 Å². The summed E-state index contributed by atoms with van der Waals surface area (Å²) >= 11 is 0. The predicted octanol–water partition coefficient (Wildman–Crippen LogP) is 2.74. The topological polar surface area (TPSA) is 56.4 Å². The molecule has 1 unspecified atom stereocenters. The third-order valence-electron chi connectivity index (χ3n) is 4.81. The molecule has 1 saturated heterocycles. The van der Waals surface area contributed by atoms with Crippen molar-refractivity contribution in [2.45, 2.75) is 25.2 Å². The standard InChI is InChI=1S/C19H20F3N3O2/c1-24(11-13-5-3-2-4-6-13)15-7-8-25(12-15)18(27)16-9-14(19(20,21)22)10-23-17(16)26/h2-6,9-10,15H,7-8,11-12H2,1H3,(H,23,26). The van der Waals surface area contributed by atoms with Crippen LogP contribution in [0.2, 0.25) is 0 Å². The van der Waals surface area contributed by atoms with Crippen LogP contribution in [-0.4, -0.2) is 46.9 Å². The number of carbonyl (C=O) groups excluding carboxylic acids is 1. The number of likely N-dealkylation sites (tertiary alicyclic amines) is 1. The smallest absolute Gasteiger partial charge is 0.337 e. The minimum Gasteiger partial charge on any atom is -0.337 e. The minimum atomic E-state index is -4.62. The summed E-state index contributed by atoms with van der Waals surface area (Å²) in [4.78, 5) is 30.0. The molecule has 0 bridgehead atoms. The van der Waals surface area contributed by atoms with Crippen molar-refractivity contribution in [3.05, 3.63) is 69.6 Å². The Morgan fingerprint density at radius 2 is 2.00 bits per heavy atom. The summed E-state index contributed by atoms with van der Waals surface area (Å²) in [6, 6.07) is 10.6.